The van der Waals surface area contributed by atoms with Crippen LogP contribution in [0.3, 0.4) is 0 Å². The zero-order valence-electron chi connectivity index (χ0n) is 9.63. The van der Waals surface area contributed by atoms with Gasteiger partial charge in [0.1, 0.15) is 11.5 Å². The molecule has 0 saturated heterocycles. The maximum absolute atomic E-state index is 12.0. The Hall–Kier alpha value is -2.14. The monoisotopic (exact) mass is 320 g/mol. The van der Waals surface area contributed by atoms with Gasteiger partial charge in [-0.1, -0.05) is 28.1 Å². The van der Waals surface area contributed by atoms with Gasteiger partial charge in [0.25, 0.3) is 0 Å². The molecule has 0 heterocycles. The summed E-state index contributed by atoms with van der Waals surface area (Å²) in [6.45, 7) is 0. The van der Waals surface area contributed by atoms with Gasteiger partial charge in [-0.15, -0.1) is 0 Å². The highest BCUT2D eigenvalue weighted by molar-refractivity contribution is 9.10. The molecule has 2 N–H and O–H groups in total. The first-order valence-corrected chi connectivity index (χ1v) is 6.15. The van der Waals surface area contributed by atoms with Crippen molar-refractivity contribution in [3.8, 4) is 11.5 Å². The van der Waals surface area contributed by atoms with Crippen LogP contribution in [0, 0.1) is 0 Å². The number of hydrogen-bond donors (Lipinski definition) is 2. The molecule has 0 aliphatic rings. The van der Waals surface area contributed by atoms with E-state index in [0.717, 1.165) is 0 Å². The van der Waals surface area contributed by atoms with Crippen molar-refractivity contribution in [2.24, 2.45) is 0 Å². The van der Waals surface area contributed by atoms with E-state index in [1.165, 1.54) is 24.3 Å². The maximum atomic E-state index is 12.0. The fourth-order valence-corrected chi connectivity index (χ4v) is 1.96. The van der Waals surface area contributed by atoms with Crippen LogP contribution in [-0.4, -0.2) is 21.8 Å². The molecule has 0 aliphatic carbocycles. The van der Waals surface area contributed by atoms with Gasteiger partial charge in [-0.25, -0.2) is 0 Å². The van der Waals surface area contributed by atoms with Crippen LogP contribution in [0.2, 0.25) is 0 Å². The predicted octanol–water partition coefficient (Wildman–Crippen LogP) is 2.93. The normalized spacial score (nSPS) is 10.2. The molecule has 2 aromatic rings. The summed E-state index contributed by atoms with van der Waals surface area (Å²) in [5.41, 5.74) is -0.200. The lowest BCUT2D eigenvalue weighted by molar-refractivity contribution is 0.0813. The van der Waals surface area contributed by atoms with Crippen molar-refractivity contribution in [3.63, 3.8) is 0 Å². The highest BCUT2D eigenvalue weighted by Gasteiger charge is 2.23. The Morgan fingerprint density at radius 2 is 1.42 bits per heavy atom. The van der Waals surface area contributed by atoms with Crippen LogP contribution in [0.1, 0.15) is 20.7 Å². The molecule has 0 aromatic heterocycles. The molecule has 0 spiro atoms. The van der Waals surface area contributed by atoms with Gasteiger partial charge in [0, 0.05) is 4.47 Å². The van der Waals surface area contributed by atoms with E-state index in [-0.39, 0.29) is 22.6 Å². The van der Waals surface area contributed by atoms with Gasteiger partial charge in [0.05, 0.1) is 11.1 Å². The molecule has 0 aliphatic heterocycles. The van der Waals surface area contributed by atoms with Crippen LogP contribution in [0.25, 0.3) is 0 Å². The molecule has 2 rings (SSSR count). The molecule has 96 valence electrons. The number of carbonyl (C=O) groups is 2. The van der Waals surface area contributed by atoms with E-state index in [9.17, 15) is 19.8 Å². The van der Waals surface area contributed by atoms with Crippen LogP contribution in [0.15, 0.2) is 46.9 Å². The summed E-state index contributed by atoms with van der Waals surface area (Å²) in [5, 5.41) is 19.2. The second kappa shape index (κ2) is 5.24. The Balaban J connectivity index is 2.42. The molecule has 0 fully saturated rings. The van der Waals surface area contributed by atoms with Crippen LogP contribution in [-0.2, 0) is 0 Å². The number of carbonyl (C=O) groups excluding carboxylic acids is 2. The third-order valence-corrected chi connectivity index (χ3v) is 3.05. The second-order valence-electron chi connectivity index (χ2n) is 3.84. The van der Waals surface area contributed by atoms with E-state index in [1.54, 1.807) is 18.2 Å². The molecule has 19 heavy (non-hydrogen) atoms. The lowest BCUT2D eigenvalue weighted by Gasteiger charge is -2.05. The van der Waals surface area contributed by atoms with Crippen LogP contribution >= 0.6 is 15.9 Å². The summed E-state index contributed by atoms with van der Waals surface area (Å²) in [7, 11) is 0. The van der Waals surface area contributed by atoms with Crippen LogP contribution < -0.4 is 0 Å². The Morgan fingerprint density at radius 1 is 0.842 bits per heavy atom. The number of ketones is 2. The number of phenols is 2. The molecular weight excluding hydrogens is 312 g/mol. The lowest BCUT2D eigenvalue weighted by Crippen LogP contribution is -2.14. The number of halogens is 1. The van der Waals surface area contributed by atoms with Gasteiger partial charge in [-0.3, -0.25) is 9.59 Å². The number of aromatic hydroxyl groups is 2. The van der Waals surface area contributed by atoms with Crippen molar-refractivity contribution < 1.29 is 19.8 Å². The molecular formula is C14H9BrO4. The minimum Gasteiger partial charge on any atom is -0.507 e. The van der Waals surface area contributed by atoms with Gasteiger partial charge in [-0.05, 0) is 30.3 Å². The van der Waals surface area contributed by atoms with E-state index in [2.05, 4.69) is 15.9 Å². The molecule has 4 nitrogen and oxygen atoms in total. The summed E-state index contributed by atoms with van der Waals surface area (Å²) in [6.07, 6.45) is 0. The molecule has 0 atom stereocenters. The van der Waals surface area contributed by atoms with Crippen molar-refractivity contribution >= 4 is 27.5 Å². The van der Waals surface area contributed by atoms with Crippen LogP contribution in [0.5, 0.6) is 11.5 Å². The third kappa shape index (κ3) is 2.66. The summed E-state index contributed by atoms with van der Waals surface area (Å²) >= 11 is 3.16. The Labute approximate surface area is 117 Å². The number of rotatable bonds is 3. The number of para-hydroxylation sites is 1. The summed E-state index contributed by atoms with van der Waals surface area (Å²) in [6, 6.07) is 9.99. The highest BCUT2D eigenvalue weighted by atomic mass is 79.9. The fraction of sp³-hybridized carbons (Fsp3) is 0. The van der Waals surface area contributed by atoms with Crippen LogP contribution in [0.4, 0.5) is 0 Å². The summed E-state index contributed by atoms with van der Waals surface area (Å²) < 4.78 is 0.568. The van der Waals surface area contributed by atoms with Crippen molar-refractivity contribution in [1.29, 1.82) is 0 Å². The fourth-order valence-electron chi connectivity index (χ4n) is 1.60. The quantitative estimate of drug-likeness (QED) is 0.673. The summed E-state index contributed by atoms with van der Waals surface area (Å²) in [5.74, 6) is -2.29. The number of benzene rings is 2. The topological polar surface area (TPSA) is 74.6 Å². The van der Waals surface area contributed by atoms with Crippen molar-refractivity contribution in [3.05, 3.63) is 58.1 Å². The van der Waals surface area contributed by atoms with E-state index < -0.39 is 11.6 Å². The SMILES string of the molecule is O=C(C(=O)c1cc(Br)ccc1O)c1ccccc1O. The molecule has 0 radical (unpaired) electrons. The maximum Gasteiger partial charge on any atom is 0.237 e. The molecule has 5 heteroatoms. The molecule has 0 amide bonds. The van der Waals surface area contributed by atoms with Crippen molar-refractivity contribution in [2.45, 2.75) is 0 Å². The Morgan fingerprint density at radius 3 is 2.11 bits per heavy atom. The Kier molecular flexibility index (Phi) is 3.66. The number of hydrogen-bond acceptors (Lipinski definition) is 4. The minimum atomic E-state index is -0.875. The van der Waals surface area contributed by atoms with E-state index >= 15 is 0 Å². The zero-order chi connectivity index (χ0) is 14.0. The average molecular weight is 321 g/mol. The lowest BCUT2D eigenvalue weighted by atomic mass is 10.0. The van der Waals surface area contributed by atoms with Gasteiger partial charge in [0.2, 0.25) is 11.6 Å². The first kappa shape index (κ1) is 13.3. The molecule has 0 saturated carbocycles. The van der Waals surface area contributed by atoms with Gasteiger partial charge >= 0.3 is 0 Å². The van der Waals surface area contributed by atoms with E-state index in [1.807, 2.05) is 0 Å². The van der Waals surface area contributed by atoms with Crippen molar-refractivity contribution in [1.82, 2.24) is 0 Å². The predicted molar refractivity (Wildman–Crippen MR) is 72.6 cm³/mol. The van der Waals surface area contributed by atoms with Crippen molar-refractivity contribution in [2.75, 3.05) is 0 Å². The van der Waals surface area contributed by atoms with Gasteiger partial charge in [0.15, 0.2) is 0 Å². The highest BCUT2D eigenvalue weighted by Crippen LogP contribution is 2.25. The smallest absolute Gasteiger partial charge is 0.237 e. The number of Topliss-reactive ketones (excluding diaryl/α,β-unsaturated/α-hetero) is 2. The first-order chi connectivity index (χ1) is 9.00. The second-order valence-corrected chi connectivity index (χ2v) is 4.75. The number of phenolic OH excluding ortho intramolecular Hbond substituents is 2. The zero-order valence-corrected chi connectivity index (χ0v) is 11.2. The first-order valence-electron chi connectivity index (χ1n) is 5.36. The summed E-state index contributed by atoms with van der Waals surface area (Å²) in [4.78, 5) is 24.0. The molecule has 0 bridgehead atoms. The van der Waals surface area contributed by atoms with Gasteiger partial charge < -0.3 is 10.2 Å². The average Bonchev–Trinajstić information content (AvgIpc) is 2.40. The molecule has 2 aromatic carbocycles. The Bertz CT molecular complexity index is 664. The third-order valence-electron chi connectivity index (χ3n) is 2.56. The minimum absolute atomic E-state index is 0.0909. The largest absolute Gasteiger partial charge is 0.507 e. The molecule has 0 unspecified atom stereocenters. The van der Waals surface area contributed by atoms with E-state index in [0.29, 0.717) is 4.47 Å². The van der Waals surface area contributed by atoms with E-state index in [4.69, 9.17) is 0 Å². The standard InChI is InChI=1S/C14H9BrO4/c15-8-5-6-12(17)10(7-8)14(19)13(18)9-3-1-2-4-11(9)16/h1-7,16-17H. The van der Waals surface area contributed by atoms with Gasteiger partial charge in [-0.2, -0.15) is 0 Å².